The molecule has 2 aromatic carbocycles. The molecule has 0 bridgehead atoms. The van der Waals surface area contributed by atoms with Gasteiger partial charge < -0.3 is 24.5 Å². The first kappa shape index (κ1) is 23.5. The molecule has 2 aromatic rings. The van der Waals surface area contributed by atoms with Crippen LogP contribution in [-0.4, -0.2) is 73.3 Å². The molecule has 0 radical (unpaired) electrons. The summed E-state index contributed by atoms with van der Waals surface area (Å²) in [5, 5.41) is 11.4. The Morgan fingerprint density at radius 3 is 2.38 bits per heavy atom. The summed E-state index contributed by atoms with van der Waals surface area (Å²) >= 11 is 0. The number of carbonyl (C=O) groups is 3. The van der Waals surface area contributed by atoms with E-state index in [-0.39, 0.29) is 17.9 Å². The first-order chi connectivity index (χ1) is 16.2. The van der Waals surface area contributed by atoms with Gasteiger partial charge >= 0.3 is 0 Å². The van der Waals surface area contributed by atoms with Crippen molar-refractivity contribution >= 4 is 29.0 Å². The molecule has 1 atom stereocenters. The number of Topliss-reactive ketones (excluding diaryl/α,β-unsaturated/α-hetero) is 1. The smallest absolute Gasteiger partial charge is 0.296 e. The van der Waals surface area contributed by atoms with E-state index in [9.17, 15) is 19.5 Å². The third kappa shape index (κ3) is 3.45. The molecule has 1 fully saturated rings. The molecule has 1 spiro atoms. The van der Waals surface area contributed by atoms with Crippen LogP contribution < -0.4 is 9.64 Å². The molecule has 1 unspecified atom stereocenters. The standard InChI is InChI=1S/C26H29N3O5/c1-5-16-34-18-12-10-17(11-13-18)22(30)21-23(31)24(32)29(15-14-27(2)3)26(21)19-8-6-7-9-20(19)28(4)25(26)33/h6-13,30H,5,14-16H2,1-4H3/b22-21-. The fraction of sp³-hybridized carbons (Fsp3) is 0.346. The van der Waals surface area contributed by atoms with Crippen molar-refractivity contribution in [2.75, 3.05) is 45.7 Å². The number of likely N-dealkylation sites (tertiary alicyclic amines) is 1. The van der Waals surface area contributed by atoms with E-state index in [0.29, 0.717) is 35.7 Å². The summed E-state index contributed by atoms with van der Waals surface area (Å²) < 4.78 is 5.60. The molecule has 0 saturated carbocycles. The first-order valence-electron chi connectivity index (χ1n) is 11.3. The zero-order valence-corrected chi connectivity index (χ0v) is 19.9. The number of aliphatic hydroxyl groups is 1. The highest BCUT2D eigenvalue weighted by Crippen LogP contribution is 2.53. The van der Waals surface area contributed by atoms with Crippen LogP contribution in [0.25, 0.3) is 5.76 Å². The van der Waals surface area contributed by atoms with Crippen LogP contribution >= 0.6 is 0 Å². The summed E-state index contributed by atoms with van der Waals surface area (Å²) in [6, 6.07) is 13.7. The lowest BCUT2D eigenvalue weighted by Gasteiger charge is -2.34. The molecule has 8 nitrogen and oxygen atoms in total. The molecule has 34 heavy (non-hydrogen) atoms. The largest absolute Gasteiger partial charge is 0.507 e. The van der Waals surface area contributed by atoms with E-state index in [1.54, 1.807) is 55.6 Å². The van der Waals surface area contributed by atoms with Gasteiger partial charge in [0, 0.05) is 37.0 Å². The molecule has 178 valence electrons. The van der Waals surface area contributed by atoms with Gasteiger partial charge in [0.05, 0.1) is 12.2 Å². The number of likely N-dealkylation sites (N-methyl/N-ethyl adjacent to an activating group) is 2. The Morgan fingerprint density at radius 1 is 1.06 bits per heavy atom. The van der Waals surface area contributed by atoms with Crippen LogP contribution in [0.4, 0.5) is 5.69 Å². The quantitative estimate of drug-likeness (QED) is 0.386. The molecular formula is C26H29N3O5. The molecule has 4 rings (SSSR count). The number of ketones is 1. The predicted octanol–water partition coefficient (Wildman–Crippen LogP) is 2.59. The minimum atomic E-state index is -1.73. The Morgan fingerprint density at radius 2 is 1.74 bits per heavy atom. The minimum Gasteiger partial charge on any atom is -0.507 e. The zero-order valence-electron chi connectivity index (χ0n) is 19.9. The number of para-hydroxylation sites is 1. The maximum absolute atomic E-state index is 13.9. The van der Waals surface area contributed by atoms with Gasteiger partial charge in [0.15, 0.2) is 5.54 Å². The fourth-order valence-electron chi connectivity index (χ4n) is 4.64. The fourth-order valence-corrected chi connectivity index (χ4v) is 4.64. The van der Waals surface area contributed by atoms with Crippen molar-refractivity contribution < 1.29 is 24.2 Å². The van der Waals surface area contributed by atoms with E-state index in [4.69, 9.17) is 4.74 Å². The van der Waals surface area contributed by atoms with Gasteiger partial charge in [-0.2, -0.15) is 0 Å². The Hall–Kier alpha value is -3.65. The average molecular weight is 464 g/mol. The summed E-state index contributed by atoms with van der Waals surface area (Å²) in [5.74, 6) is -1.88. The minimum absolute atomic E-state index is 0.145. The number of anilines is 1. The summed E-state index contributed by atoms with van der Waals surface area (Å²) in [6.45, 7) is 3.15. The van der Waals surface area contributed by atoms with Crippen molar-refractivity contribution in [3.05, 3.63) is 65.2 Å². The third-order valence-electron chi connectivity index (χ3n) is 6.31. The van der Waals surface area contributed by atoms with E-state index >= 15 is 0 Å². The van der Waals surface area contributed by atoms with E-state index in [1.807, 2.05) is 25.9 Å². The van der Waals surface area contributed by atoms with E-state index in [0.717, 1.165) is 6.42 Å². The lowest BCUT2D eigenvalue weighted by Crippen LogP contribution is -2.52. The Labute approximate surface area is 199 Å². The second kappa shape index (κ2) is 8.95. The van der Waals surface area contributed by atoms with Crippen molar-refractivity contribution in [2.24, 2.45) is 0 Å². The van der Waals surface area contributed by atoms with Crippen LogP contribution in [0.5, 0.6) is 5.75 Å². The molecule has 1 saturated heterocycles. The second-order valence-corrected chi connectivity index (χ2v) is 8.78. The number of benzene rings is 2. The van der Waals surface area contributed by atoms with Crippen LogP contribution in [0.1, 0.15) is 24.5 Å². The van der Waals surface area contributed by atoms with Gasteiger partial charge in [0.2, 0.25) is 0 Å². The molecule has 1 N–H and O–H groups in total. The van der Waals surface area contributed by atoms with Gasteiger partial charge in [0.25, 0.3) is 17.6 Å². The summed E-state index contributed by atoms with van der Waals surface area (Å²) in [5.41, 5.74) is -0.505. The third-order valence-corrected chi connectivity index (χ3v) is 6.31. The van der Waals surface area contributed by atoms with Crippen LogP contribution in [0.2, 0.25) is 0 Å². The molecule has 0 aliphatic carbocycles. The van der Waals surface area contributed by atoms with Crippen molar-refractivity contribution in [1.82, 2.24) is 9.80 Å². The SMILES string of the molecule is CCCOc1ccc(/C(O)=C2\C(=O)C(=O)N(CCN(C)C)C23C(=O)N(C)c2ccccc23)cc1. The Bertz CT molecular complexity index is 1170. The van der Waals surface area contributed by atoms with Crippen molar-refractivity contribution in [3.63, 3.8) is 0 Å². The lowest BCUT2D eigenvalue weighted by molar-refractivity contribution is -0.143. The molecular weight excluding hydrogens is 434 g/mol. The molecule has 2 heterocycles. The van der Waals surface area contributed by atoms with Crippen molar-refractivity contribution in [1.29, 1.82) is 0 Å². The van der Waals surface area contributed by atoms with Gasteiger partial charge in [-0.3, -0.25) is 14.4 Å². The van der Waals surface area contributed by atoms with Gasteiger partial charge in [0.1, 0.15) is 11.5 Å². The number of hydrogen-bond acceptors (Lipinski definition) is 6. The molecule has 0 aromatic heterocycles. The van der Waals surface area contributed by atoms with E-state index in [1.165, 1.54) is 9.80 Å². The van der Waals surface area contributed by atoms with Crippen LogP contribution in [0.15, 0.2) is 54.1 Å². The molecule has 2 amide bonds. The van der Waals surface area contributed by atoms with Gasteiger partial charge in [-0.05, 0) is 50.8 Å². The average Bonchev–Trinajstić information content (AvgIpc) is 3.19. The zero-order chi connectivity index (χ0) is 24.6. The summed E-state index contributed by atoms with van der Waals surface area (Å²) in [7, 11) is 5.31. The first-order valence-corrected chi connectivity index (χ1v) is 11.3. The highest BCUT2D eigenvalue weighted by molar-refractivity contribution is 6.50. The van der Waals surface area contributed by atoms with Crippen molar-refractivity contribution in [3.8, 4) is 5.75 Å². The van der Waals surface area contributed by atoms with E-state index < -0.39 is 23.1 Å². The maximum Gasteiger partial charge on any atom is 0.296 e. The molecule has 2 aliphatic rings. The van der Waals surface area contributed by atoms with E-state index in [2.05, 4.69) is 0 Å². The summed E-state index contributed by atoms with van der Waals surface area (Å²) in [6.07, 6.45) is 0.855. The monoisotopic (exact) mass is 463 g/mol. The number of aliphatic hydroxyl groups excluding tert-OH is 1. The molecule has 2 aliphatic heterocycles. The Kier molecular flexibility index (Phi) is 6.18. The highest BCUT2D eigenvalue weighted by atomic mass is 16.5. The van der Waals surface area contributed by atoms with Crippen LogP contribution in [0.3, 0.4) is 0 Å². The maximum atomic E-state index is 13.9. The second-order valence-electron chi connectivity index (χ2n) is 8.78. The number of rotatable bonds is 7. The van der Waals surface area contributed by atoms with Crippen LogP contribution in [0, 0.1) is 0 Å². The number of amides is 2. The lowest BCUT2D eigenvalue weighted by atomic mass is 9.82. The van der Waals surface area contributed by atoms with Gasteiger partial charge in [-0.15, -0.1) is 0 Å². The normalized spacial score (nSPS) is 21.1. The number of nitrogens with zero attached hydrogens (tertiary/aromatic N) is 3. The number of ether oxygens (including phenoxy) is 1. The Balaban J connectivity index is 1.93. The highest BCUT2D eigenvalue weighted by Gasteiger charge is 2.66. The van der Waals surface area contributed by atoms with Crippen molar-refractivity contribution in [2.45, 2.75) is 18.9 Å². The number of fused-ring (bicyclic) bond motifs is 2. The van der Waals surface area contributed by atoms with Gasteiger partial charge in [-0.1, -0.05) is 25.1 Å². The van der Waals surface area contributed by atoms with Gasteiger partial charge in [-0.25, -0.2) is 0 Å². The topological polar surface area (TPSA) is 90.4 Å². The molecule has 8 heteroatoms. The number of carbonyl (C=O) groups excluding carboxylic acids is 3. The predicted molar refractivity (Wildman–Crippen MR) is 129 cm³/mol. The van der Waals surface area contributed by atoms with Crippen LogP contribution in [-0.2, 0) is 19.9 Å². The number of hydrogen-bond donors (Lipinski definition) is 1. The summed E-state index contributed by atoms with van der Waals surface area (Å²) in [4.78, 5) is 45.1.